The minimum absolute atomic E-state index is 0.0227. The molecule has 190 valence electrons. The van der Waals surface area contributed by atoms with E-state index in [0.29, 0.717) is 45.4 Å². The Morgan fingerprint density at radius 2 is 1.45 bits per heavy atom. The van der Waals surface area contributed by atoms with E-state index in [9.17, 15) is 14.4 Å². The van der Waals surface area contributed by atoms with Crippen molar-refractivity contribution in [2.75, 3.05) is 19.8 Å². The van der Waals surface area contributed by atoms with Crippen molar-refractivity contribution in [1.29, 1.82) is 0 Å². The molecule has 2 saturated carbocycles. The van der Waals surface area contributed by atoms with Gasteiger partial charge in [-0.25, -0.2) is 4.79 Å². The number of hydrogen-bond acceptors (Lipinski definition) is 6. The molecule has 0 saturated heterocycles. The number of carbonyl (C=O) groups excluding carboxylic acids is 2. The number of alkyl carbamates (subject to hydrolysis) is 1. The summed E-state index contributed by atoms with van der Waals surface area (Å²) >= 11 is 0. The normalized spacial score (nSPS) is 25.8. The number of carbonyl (C=O) groups is 3. The number of aliphatic carboxylic acids is 1. The monoisotopic (exact) mass is 470 g/mol. The summed E-state index contributed by atoms with van der Waals surface area (Å²) in [6.45, 7) is 6.94. The minimum atomic E-state index is -0.729. The molecule has 0 aromatic carbocycles. The van der Waals surface area contributed by atoms with Gasteiger partial charge in [0, 0.05) is 25.6 Å². The van der Waals surface area contributed by atoms with Crippen LogP contribution in [-0.4, -0.2) is 66.7 Å². The van der Waals surface area contributed by atoms with Gasteiger partial charge in [0.15, 0.2) is 0 Å². The quantitative estimate of drug-likeness (QED) is 0.396. The number of carboxylic acid groups (broad SMARTS) is 1. The second-order valence-corrected chi connectivity index (χ2v) is 10.1. The van der Waals surface area contributed by atoms with Crippen molar-refractivity contribution in [3.05, 3.63) is 0 Å². The third-order valence-corrected chi connectivity index (χ3v) is 6.09. The highest BCUT2D eigenvalue weighted by Crippen LogP contribution is 2.25. The number of nitrogens with one attached hydrogen (secondary N) is 2. The molecular formula is C24H42N2O7. The Balaban J connectivity index is 1.45. The Morgan fingerprint density at radius 1 is 0.879 bits per heavy atom. The van der Waals surface area contributed by atoms with Crippen LogP contribution < -0.4 is 10.6 Å². The average molecular weight is 471 g/mol. The van der Waals surface area contributed by atoms with Crippen LogP contribution in [0.25, 0.3) is 0 Å². The maximum Gasteiger partial charge on any atom is 0.407 e. The Labute approximate surface area is 197 Å². The minimum Gasteiger partial charge on any atom is -0.481 e. The molecule has 0 aromatic rings. The van der Waals surface area contributed by atoms with Crippen LogP contribution in [0.15, 0.2) is 0 Å². The summed E-state index contributed by atoms with van der Waals surface area (Å²) < 4.78 is 17.0. The average Bonchev–Trinajstić information content (AvgIpc) is 2.74. The largest absolute Gasteiger partial charge is 0.481 e. The molecular weight excluding hydrogens is 428 g/mol. The summed E-state index contributed by atoms with van der Waals surface area (Å²) in [5.41, 5.74) is -0.504. The molecule has 2 amide bonds. The number of amides is 2. The Morgan fingerprint density at radius 3 is 2.00 bits per heavy atom. The summed E-state index contributed by atoms with van der Waals surface area (Å²) in [6, 6.07) is 0.101. The van der Waals surface area contributed by atoms with E-state index in [1.165, 1.54) is 0 Å². The van der Waals surface area contributed by atoms with Crippen molar-refractivity contribution >= 4 is 18.0 Å². The molecule has 0 heterocycles. The molecule has 33 heavy (non-hydrogen) atoms. The van der Waals surface area contributed by atoms with E-state index >= 15 is 0 Å². The van der Waals surface area contributed by atoms with Crippen molar-refractivity contribution in [3.63, 3.8) is 0 Å². The summed E-state index contributed by atoms with van der Waals surface area (Å²) in [6.07, 6.45) is 7.55. The Kier molecular flexibility index (Phi) is 11.4. The highest BCUT2D eigenvalue weighted by Gasteiger charge is 2.27. The molecule has 9 nitrogen and oxygen atoms in total. The van der Waals surface area contributed by atoms with E-state index in [4.69, 9.17) is 19.3 Å². The molecule has 2 rings (SSSR count). The molecule has 0 atom stereocenters. The third kappa shape index (κ3) is 11.7. The molecule has 0 aromatic heterocycles. The van der Waals surface area contributed by atoms with Gasteiger partial charge in [0.05, 0.1) is 24.7 Å². The predicted molar refractivity (Wildman–Crippen MR) is 123 cm³/mol. The van der Waals surface area contributed by atoms with Crippen molar-refractivity contribution in [2.24, 2.45) is 5.92 Å². The van der Waals surface area contributed by atoms with Crippen molar-refractivity contribution in [2.45, 2.75) is 109 Å². The fourth-order valence-corrected chi connectivity index (χ4v) is 4.33. The standard InChI is InChI=1S/C24H42N2O7/c1-24(2,3)33-23(30)25-14-16-32-20-12-10-19(11-13-20)31-15-4-5-21(27)26-18-8-6-17(7-9-18)22(28)29/h17-20H,4-16H2,1-3H3,(H,25,30)(H,26,27)(H,28,29). The van der Waals surface area contributed by atoms with Crippen LogP contribution in [0.2, 0.25) is 0 Å². The fourth-order valence-electron chi connectivity index (χ4n) is 4.33. The van der Waals surface area contributed by atoms with Gasteiger partial charge in [-0.3, -0.25) is 9.59 Å². The second-order valence-electron chi connectivity index (χ2n) is 10.1. The lowest BCUT2D eigenvalue weighted by Gasteiger charge is -2.29. The molecule has 2 aliphatic carbocycles. The first kappa shape index (κ1) is 27.4. The van der Waals surface area contributed by atoms with Crippen molar-refractivity contribution in [1.82, 2.24) is 10.6 Å². The van der Waals surface area contributed by atoms with Gasteiger partial charge in [-0.15, -0.1) is 0 Å². The first-order valence-electron chi connectivity index (χ1n) is 12.3. The summed E-state index contributed by atoms with van der Waals surface area (Å²) in [7, 11) is 0. The van der Waals surface area contributed by atoms with E-state index in [1.807, 2.05) is 20.8 Å². The predicted octanol–water partition coefficient (Wildman–Crippen LogP) is 3.40. The third-order valence-electron chi connectivity index (χ3n) is 6.09. The van der Waals surface area contributed by atoms with Gasteiger partial charge in [-0.1, -0.05) is 0 Å². The van der Waals surface area contributed by atoms with E-state index in [1.54, 1.807) is 0 Å². The zero-order valence-electron chi connectivity index (χ0n) is 20.4. The Bertz CT molecular complexity index is 619. The number of rotatable bonds is 11. The lowest BCUT2D eigenvalue weighted by Crippen LogP contribution is -2.38. The van der Waals surface area contributed by atoms with E-state index in [2.05, 4.69) is 10.6 Å². The zero-order valence-corrected chi connectivity index (χ0v) is 20.4. The summed E-state index contributed by atoms with van der Waals surface area (Å²) in [4.78, 5) is 34.7. The van der Waals surface area contributed by atoms with Gasteiger partial charge >= 0.3 is 12.1 Å². The second kappa shape index (κ2) is 13.7. The number of carboxylic acids is 1. The van der Waals surface area contributed by atoms with E-state index in [0.717, 1.165) is 38.5 Å². The topological polar surface area (TPSA) is 123 Å². The van der Waals surface area contributed by atoms with Crippen LogP contribution in [0.4, 0.5) is 4.79 Å². The lowest BCUT2D eigenvalue weighted by atomic mass is 9.86. The molecule has 0 bridgehead atoms. The van der Waals surface area contributed by atoms with Crippen molar-refractivity contribution < 1.29 is 33.7 Å². The maximum atomic E-state index is 12.1. The van der Waals surface area contributed by atoms with Crippen LogP contribution in [0.5, 0.6) is 0 Å². The maximum absolute atomic E-state index is 12.1. The highest BCUT2D eigenvalue weighted by molar-refractivity contribution is 5.76. The van der Waals surface area contributed by atoms with E-state index < -0.39 is 17.7 Å². The first-order chi connectivity index (χ1) is 15.6. The van der Waals surface area contributed by atoms with Crippen LogP contribution in [0.1, 0.15) is 85.0 Å². The zero-order chi connectivity index (χ0) is 24.3. The summed E-state index contributed by atoms with van der Waals surface area (Å²) in [5, 5.41) is 14.8. The van der Waals surface area contributed by atoms with Gasteiger partial charge in [0.25, 0.3) is 0 Å². The molecule has 3 N–H and O–H groups in total. The van der Waals surface area contributed by atoms with Crippen LogP contribution >= 0.6 is 0 Å². The fraction of sp³-hybridized carbons (Fsp3) is 0.875. The Hall–Kier alpha value is -1.87. The summed E-state index contributed by atoms with van der Waals surface area (Å²) in [5.74, 6) is -0.969. The van der Waals surface area contributed by atoms with Gasteiger partial charge in [0.2, 0.25) is 5.91 Å². The van der Waals surface area contributed by atoms with Gasteiger partial charge in [-0.05, 0) is 78.6 Å². The number of hydrogen-bond donors (Lipinski definition) is 3. The van der Waals surface area contributed by atoms with Gasteiger partial charge < -0.3 is 30.0 Å². The van der Waals surface area contributed by atoms with Gasteiger partial charge in [-0.2, -0.15) is 0 Å². The molecule has 0 aliphatic heterocycles. The van der Waals surface area contributed by atoms with Crippen LogP contribution in [-0.2, 0) is 23.8 Å². The van der Waals surface area contributed by atoms with Gasteiger partial charge in [0.1, 0.15) is 5.60 Å². The first-order valence-corrected chi connectivity index (χ1v) is 12.3. The molecule has 0 unspecified atom stereocenters. The van der Waals surface area contributed by atoms with Crippen molar-refractivity contribution in [3.8, 4) is 0 Å². The molecule has 0 radical (unpaired) electrons. The molecule has 9 heteroatoms. The lowest BCUT2D eigenvalue weighted by molar-refractivity contribution is -0.142. The highest BCUT2D eigenvalue weighted by atomic mass is 16.6. The smallest absolute Gasteiger partial charge is 0.407 e. The SMILES string of the molecule is CC(C)(C)OC(=O)NCCOC1CCC(OCCCC(=O)NC2CCC(C(=O)O)CC2)CC1. The van der Waals surface area contributed by atoms with Crippen LogP contribution in [0.3, 0.4) is 0 Å². The van der Waals surface area contributed by atoms with Crippen LogP contribution in [0, 0.1) is 5.92 Å². The number of ether oxygens (including phenoxy) is 3. The molecule has 2 aliphatic rings. The molecule has 2 fully saturated rings. The molecule has 0 spiro atoms. The van der Waals surface area contributed by atoms with E-state index in [-0.39, 0.29) is 30.1 Å².